The molecule has 2 rings (SSSR count). The number of nitrogens with zero attached hydrogens (tertiary/aromatic N) is 4. The third-order valence-electron chi connectivity index (χ3n) is 4.46. The van der Waals surface area contributed by atoms with Crippen molar-refractivity contribution in [2.45, 2.75) is 47.6 Å². The zero-order chi connectivity index (χ0) is 21.2. The van der Waals surface area contributed by atoms with Crippen molar-refractivity contribution in [2.24, 2.45) is 9.98 Å². The molecule has 0 unspecified atom stereocenters. The van der Waals surface area contributed by atoms with Crippen LogP contribution in [0, 0.1) is 18.8 Å². The molecule has 0 N–H and O–H groups in total. The highest BCUT2D eigenvalue weighted by Crippen LogP contribution is 2.32. The standard InChI is InChI=1S/C25H30N4/c1-7-10-14-27-20(5)23(17-26-6)24-18-29(15-9-3)28-25(24)22-16-21(11-8-2)13-12-19(22)4/h7,10,12-14,16-18H,9,15H2,1-6H3/b10-7-,23-20-,26-17?,27-14-. The summed E-state index contributed by atoms with van der Waals surface area (Å²) in [4.78, 5) is 8.87. The van der Waals surface area contributed by atoms with Gasteiger partial charge in [-0.15, -0.1) is 5.92 Å². The molecule has 0 saturated carbocycles. The number of hydrogen-bond donors (Lipinski definition) is 0. The van der Waals surface area contributed by atoms with Crippen molar-refractivity contribution in [1.29, 1.82) is 0 Å². The molecule has 1 aromatic heterocycles. The molecule has 0 radical (unpaired) electrons. The van der Waals surface area contributed by atoms with Gasteiger partial charge >= 0.3 is 0 Å². The molecule has 0 spiro atoms. The summed E-state index contributed by atoms with van der Waals surface area (Å²) < 4.78 is 2.01. The number of benzene rings is 1. The summed E-state index contributed by atoms with van der Waals surface area (Å²) in [5.74, 6) is 6.13. The van der Waals surface area contributed by atoms with E-state index in [-0.39, 0.29) is 0 Å². The zero-order valence-corrected chi connectivity index (χ0v) is 18.3. The quantitative estimate of drug-likeness (QED) is 0.443. The summed E-state index contributed by atoms with van der Waals surface area (Å²) in [6, 6.07) is 6.27. The van der Waals surface area contributed by atoms with E-state index in [4.69, 9.17) is 5.10 Å². The van der Waals surface area contributed by atoms with E-state index in [1.807, 2.05) is 43.8 Å². The first-order valence-corrected chi connectivity index (χ1v) is 9.95. The van der Waals surface area contributed by atoms with Gasteiger partial charge in [0.25, 0.3) is 0 Å². The molecule has 2 aromatic rings. The van der Waals surface area contributed by atoms with E-state index in [1.165, 1.54) is 0 Å². The third kappa shape index (κ3) is 5.65. The molecule has 1 aromatic carbocycles. The van der Waals surface area contributed by atoms with Gasteiger partial charge in [0.2, 0.25) is 0 Å². The fraction of sp³-hybridized carbons (Fsp3) is 0.320. The van der Waals surface area contributed by atoms with Crippen LogP contribution in [0.3, 0.4) is 0 Å². The van der Waals surface area contributed by atoms with Crippen LogP contribution in [0.5, 0.6) is 0 Å². The lowest BCUT2D eigenvalue weighted by Crippen LogP contribution is -1.97. The van der Waals surface area contributed by atoms with E-state index < -0.39 is 0 Å². The number of aliphatic imine (C=N–C) groups is 2. The Morgan fingerprint density at radius 1 is 1.31 bits per heavy atom. The molecule has 0 fully saturated rings. The largest absolute Gasteiger partial charge is 0.296 e. The van der Waals surface area contributed by atoms with Crippen LogP contribution in [0.15, 0.2) is 52.2 Å². The highest BCUT2D eigenvalue weighted by molar-refractivity contribution is 6.13. The number of aryl methyl sites for hydroxylation is 2. The predicted octanol–water partition coefficient (Wildman–Crippen LogP) is 5.72. The van der Waals surface area contributed by atoms with Crippen LogP contribution in [0.25, 0.3) is 16.8 Å². The minimum Gasteiger partial charge on any atom is -0.296 e. The molecule has 0 aliphatic rings. The molecular formula is C25H30N4. The third-order valence-corrected chi connectivity index (χ3v) is 4.46. The van der Waals surface area contributed by atoms with E-state index in [9.17, 15) is 0 Å². The summed E-state index contributed by atoms with van der Waals surface area (Å²) in [5, 5.41) is 4.92. The molecule has 4 nitrogen and oxygen atoms in total. The van der Waals surface area contributed by atoms with Gasteiger partial charge < -0.3 is 0 Å². The van der Waals surface area contributed by atoms with Gasteiger partial charge in [-0.25, -0.2) is 0 Å². The monoisotopic (exact) mass is 386 g/mol. The van der Waals surface area contributed by atoms with Gasteiger partial charge in [0, 0.05) is 60.2 Å². The average molecular weight is 387 g/mol. The fourth-order valence-corrected chi connectivity index (χ4v) is 3.06. The van der Waals surface area contributed by atoms with Gasteiger partial charge in [-0.1, -0.05) is 25.0 Å². The van der Waals surface area contributed by atoms with E-state index in [1.54, 1.807) is 13.3 Å². The van der Waals surface area contributed by atoms with Crippen molar-refractivity contribution in [3.8, 4) is 23.1 Å². The van der Waals surface area contributed by atoms with E-state index in [0.29, 0.717) is 0 Å². The van der Waals surface area contributed by atoms with Crippen molar-refractivity contribution in [3.63, 3.8) is 0 Å². The number of allylic oxidation sites excluding steroid dienone is 4. The molecule has 0 bridgehead atoms. The second-order valence-electron chi connectivity index (χ2n) is 6.75. The van der Waals surface area contributed by atoms with E-state index >= 15 is 0 Å². The van der Waals surface area contributed by atoms with Gasteiger partial charge in [-0.05, 0) is 57.9 Å². The first-order chi connectivity index (χ1) is 14.0. The maximum Gasteiger partial charge on any atom is 0.101 e. The summed E-state index contributed by atoms with van der Waals surface area (Å²) >= 11 is 0. The second-order valence-corrected chi connectivity index (χ2v) is 6.75. The maximum atomic E-state index is 4.92. The van der Waals surface area contributed by atoms with Crippen molar-refractivity contribution >= 4 is 18.0 Å². The Balaban J connectivity index is 2.76. The second kappa shape index (κ2) is 11.0. The van der Waals surface area contributed by atoms with Gasteiger partial charge in [0.15, 0.2) is 0 Å². The number of hydrogen-bond acceptors (Lipinski definition) is 3. The lowest BCUT2D eigenvalue weighted by Gasteiger charge is -2.09. The topological polar surface area (TPSA) is 42.5 Å². The Bertz CT molecular complexity index is 1020. The summed E-state index contributed by atoms with van der Waals surface area (Å²) in [7, 11) is 1.78. The maximum absolute atomic E-state index is 4.92. The Kier molecular flexibility index (Phi) is 8.36. The molecule has 0 aliphatic carbocycles. The molecule has 0 aliphatic heterocycles. The fourth-order valence-electron chi connectivity index (χ4n) is 3.06. The highest BCUT2D eigenvalue weighted by Gasteiger charge is 2.18. The molecular weight excluding hydrogens is 356 g/mol. The van der Waals surface area contributed by atoms with Gasteiger partial charge in [0.05, 0.1) is 0 Å². The minimum absolute atomic E-state index is 0.859. The van der Waals surface area contributed by atoms with Crippen LogP contribution in [0.4, 0.5) is 0 Å². The number of rotatable bonds is 7. The smallest absolute Gasteiger partial charge is 0.101 e. The minimum atomic E-state index is 0.859. The van der Waals surface area contributed by atoms with E-state index in [2.05, 4.69) is 60.1 Å². The summed E-state index contributed by atoms with van der Waals surface area (Å²) in [6.07, 6.45) is 10.7. The molecule has 0 atom stereocenters. The Morgan fingerprint density at radius 2 is 2.10 bits per heavy atom. The normalized spacial score (nSPS) is 12.6. The van der Waals surface area contributed by atoms with Crippen molar-refractivity contribution < 1.29 is 0 Å². The zero-order valence-electron chi connectivity index (χ0n) is 18.3. The van der Waals surface area contributed by atoms with Crippen LogP contribution < -0.4 is 0 Å². The summed E-state index contributed by atoms with van der Waals surface area (Å²) in [6.45, 7) is 10.9. The Labute approximate surface area is 174 Å². The van der Waals surface area contributed by atoms with Gasteiger partial charge in [-0.2, -0.15) is 5.10 Å². The van der Waals surface area contributed by atoms with Crippen LogP contribution in [0.2, 0.25) is 0 Å². The van der Waals surface area contributed by atoms with Crippen molar-refractivity contribution in [2.75, 3.05) is 7.05 Å². The van der Waals surface area contributed by atoms with Crippen LogP contribution >= 0.6 is 0 Å². The lowest BCUT2D eigenvalue weighted by molar-refractivity contribution is 0.604. The van der Waals surface area contributed by atoms with E-state index in [0.717, 1.165) is 52.2 Å². The van der Waals surface area contributed by atoms with Gasteiger partial charge in [-0.3, -0.25) is 14.7 Å². The molecule has 0 amide bonds. The summed E-state index contributed by atoms with van der Waals surface area (Å²) in [5.41, 5.74) is 7.07. The van der Waals surface area contributed by atoms with Crippen molar-refractivity contribution in [3.05, 3.63) is 58.9 Å². The average Bonchev–Trinajstić information content (AvgIpc) is 3.11. The molecule has 29 heavy (non-hydrogen) atoms. The SMILES string of the molecule is CC#Cc1ccc(C)c(-c2nn(CCC)cc2\C(C=NC)=C(C)/N=C\C=C/C)c1. The van der Waals surface area contributed by atoms with Gasteiger partial charge in [0.1, 0.15) is 5.69 Å². The molecule has 4 heteroatoms. The van der Waals surface area contributed by atoms with Crippen LogP contribution in [0.1, 0.15) is 50.8 Å². The first-order valence-electron chi connectivity index (χ1n) is 9.95. The first kappa shape index (κ1) is 22.1. The van der Waals surface area contributed by atoms with Crippen LogP contribution in [-0.2, 0) is 6.54 Å². The molecule has 0 saturated heterocycles. The Hall–Kier alpha value is -3.19. The predicted molar refractivity (Wildman–Crippen MR) is 126 cm³/mol. The molecule has 1 heterocycles. The van der Waals surface area contributed by atoms with Crippen LogP contribution in [-0.4, -0.2) is 29.3 Å². The lowest BCUT2D eigenvalue weighted by atomic mass is 9.96. The molecule has 150 valence electrons. The highest BCUT2D eigenvalue weighted by atomic mass is 15.3. The number of aromatic nitrogens is 2. The van der Waals surface area contributed by atoms with Crippen molar-refractivity contribution in [1.82, 2.24) is 9.78 Å². The Morgan fingerprint density at radius 3 is 2.76 bits per heavy atom.